The highest BCUT2D eigenvalue weighted by atomic mass is 16.5. The first-order valence-corrected chi connectivity index (χ1v) is 6.83. The van der Waals surface area contributed by atoms with Crippen LogP contribution in [0.4, 0.5) is 5.69 Å². The van der Waals surface area contributed by atoms with Gasteiger partial charge in [0.25, 0.3) is 0 Å². The molecule has 0 saturated heterocycles. The van der Waals surface area contributed by atoms with Crippen LogP contribution in [0, 0.1) is 6.92 Å². The highest BCUT2D eigenvalue weighted by Crippen LogP contribution is 2.12. The van der Waals surface area contributed by atoms with Crippen LogP contribution in [0.5, 0.6) is 0 Å². The summed E-state index contributed by atoms with van der Waals surface area (Å²) in [5.41, 5.74) is 3.16. The van der Waals surface area contributed by atoms with Gasteiger partial charge in [-0.05, 0) is 48.4 Å². The zero-order valence-electron chi connectivity index (χ0n) is 12.5. The van der Waals surface area contributed by atoms with Crippen molar-refractivity contribution in [2.75, 3.05) is 12.4 Å². The summed E-state index contributed by atoms with van der Waals surface area (Å²) in [5, 5.41) is 2.74. The molecule has 0 unspecified atom stereocenters. The van der Waals surface area contributed by atoms with Crippen LogP contribution in [0.2, 0.25) is 0 Å². The minimum absolute atomic E-state index is 0.228. The number of ether oxygens (including phenoxy) is 1. The zero-order valence-corrected chi connectivity index (χ0v) is 12.5. The van der Waals surface area contributed by atoms with Gasteiger partial charge in [0.2, 0.25) is 5.91 Å². The number of aryl methyl sites for hydroxylation is 1. The number of anilines is 1. The van der Waals surface area contributed by atoms with Crippen molar-refractivity contribution >= 4 is 23.6 Å². The molecule has 2 aromatic carbocycles. The number of methoxy groups -OCH3 is 1. The summed E-state index contributed by atoms with van der Waals surface area (Å²) >= 11 is 0. The minimum atomic E-state index is -0.405. The molecule has 4 heteroatoms. The summed E-state index contributed by atoms with van der Waals surface area (Å²) in [6.07, 6.45) is 3.25. The van der Waals surface area contributed by atoms with Gasteiger partial charge in [-0.1, -0.05) is 24.3 Å². The third kappa shape index (κ3) is 4.06. The van der Waals surface area contributed by atoms with Gasteiger partial charge in [0.05, 0.1) is 12.7 Å². The third-order valence-electron chi connectivity index (χ3n) is 3.18. The molecule has 112 valence electrons. The molecule has 0 aliphatic rings. The smallest absolute Gasteiger partial charge is 0.337 e. The summed E-state index contributed by atoms with van der Waals surface area (Å²) in [6, 6.07) is 14.3. The number of nitrogens with one attached hydrogen (secondary N) is 1. The number of carbonyl (C=O) groups is 2. The van der Waals surface area contributed by atoms with E-state index in [2.05, 4.69) is 10.1 Å². The lowest BCUT2D eigenvalue weighted by molar-refractivity contribution is -0.111. The van der Waals surface area contributed by atoms with Gasteiger partial charge in [-0.2, -0.15) is 0 Å². The predicted octanol–water partition coefficient (Wildman–Crippen LogP) is 3.43. The Kier molecular flexibility index (Phi) is 5.09. The van der Waals surface area contributed by atoms with E-state index < -0.39 is 5.97 Å². The maximum atomic E-state index is 11.9. The molecule has 1 N–H and O–H groups in total. The first-order valence-electron chi connectivity index (χ1n) is 6.83. The molecule has 0 heterocycles. The molecule has 0 radical (unpaired) electrons. The average Bonchev–Trinajstić information content (AvgIpc) is 2.54. The van der Waals surface area contributed by atoms with Crippen LogP contribution in [0.3, 0.4) is 0 Å². The van der Waals surface area contributed by atoms with Gasteiger partial charge in [0.1, 0.15) is 0 Å². The van der Waals surface area contributed by atoms with Crippen LogP contribution in [0.1, 0.15) is 21.5 Å². The zero-order chi connectivity index (χ0) is 15.9. The Hall–Kier alpha value is -2.88. The van der Waals surface area contributed by atoms with Crippen LogP contribution in [-0.2, 0) is 9.53 Å². The van der Waals surface area contributed by atoms with Gasteiger partial charge in [0, 0.05) is 11.8 Å². The predicted molar refractivity (Wildman–Crippen MR) is 86.6 cm³/mol. The van der Waals surface area contributed by atoms with Crippen LogP contribution in [0.15, 0.2) is 54.6 Å². The first kappa shape index (κ1) is 15.5. The summed E-state index contributed by atoms with van der Waals surface area (Å²) in [5.74, 6) is -0.633. The Morgan fingerprint density at radius 1 is 1.05 bits per heavy atom. The first-order chi connectivity index (χ1) is 10.6. The third-order valence-corrected chi connectivity index (χ3v) is 3.18. The van der Waals surface area contributed by atoms with Gasteiger partial charge in [-0.3, -0.25) is 4.79 Å². The molecule has 0 atom stereocenters. The Labute approximate surface area is 129 Å². The summed E-state index contributed by atoms with van der Waals surface area (Å²) in [4.78, 5) is 23.2. The molecule has 0 spiro atoms. The average molecular weight is 295 g/mol. The summed E-state index contributed by atoms with van der Waals surface area (Å²) in [6.45, 7) is 1.99. The number of rotatable bonds is 4. The molecule has 2 aromatic rings. The minimum Gasteiger partial charge on any atom is -0.465 e. The molecular formula is C18H17NO3. The maximum absolute atomic E-state index is 11.9. The molecule has 22 heavy (non-hydrogen) atoms. The van der Waals surface area contributed by atoms with E-state index in [1.54, 1.807) is 30.3 Å². The van der Waals surface area contributed by atoms with Gasteiger partial charge in [-0.25, -0.2) is 4.79 Å². The van der Waals surface area contributed by atoms with Crippen molar-refractivity contribution in [1.29, 1.82) is 0 Å². The van der Waals surface area contributed by atoms with Gasteiger partial charge in [-0.15, -0.1) is 0 Å². The van der Waals surface area contributed by atoms with Crippen molar-refractivity contribution in [2.24, 2.45) is 0 Å². The number of carbonyl (C=O) groups excluding carboxylic acids is 2. The fourth-order valence-corrected chi connectivity index (χ4v) is 1.93. The normalized spacial score (nSPS) is 10.5. The second-order valence-electron chi connectivity index (χ2n) is 4.75. The fourth-order valence-electron chi connectivity index (χ4n) is 1.93. The molecule has 4 nitrogen and oxygen atoms in total. The number of benzene rings is 2. The lowest BCUT2D eigenvalue weighted by Gasteiger charge is -2.04. The van der Waals surface area contributed by atoms with Crippen molar-refractivity contribution in [1.82, 2.24) is 0 Å². The van der Waals surface area contributed by atoms with E-state index in [0.29, 0.717) is 11.3 Å². The lowest BCUT2D eigenvalue weighted by atomic mass is 10.1. The van der Waals surface area contributed by atoms with Crippen molar-refractivity contribution in [3.63, 3.8) is 0 Å². The quantitative estimate of drug-likeness (QED) is 0.694. The molecule has 0 aliphatic carbocycles. The van der Waals surface area contributed by atoms with Gasteiger partial charge < -0.3 is 10.1 Å². The number of hydrogen-bond acceptors (Lipinski definition) is 3. The molecule has 0 aliphatic heterocycles. The van der Waals surface area contributed by atoms with Crippen molar-refractivity contribution < 1.29 is 14.3 Å². The molecule has 0 bridgehead atoms. The second-order valence-corrected chi connectivity index (χ2v) is 4.75. The topological polar surface area (TPSA) is 55.4 Å². The Balaban J connectivity index is 2.00. The number of hydrogen-bond donors (Lipinski definition) is 1. The fraction of sp³-hybridized carbons (Fsp3) is 0.111. The second kappa shape index (κ2) is 7.22. The Morgan fingerprint density at radius 3 is 2.36 bits per heavy atom. The van der Waals surface area contributed by atoms with Gasteiger partial charge >= 0.3 is 5.97 Å². The SMILES string of the molecule is COC(=O)c1ccc(NC(=O)/C=C/c2ccccc2C)cc1. The molecule has 1 amide bonds. The Bertz CT molecular complexity index is 703. The molecule has 0 aromatic heterocycles. The molecule has 2 rings (SSSR count). The van der Waals surface area contributed by atoms with E-state index in [1.165, 1.54) is 13.2 Å². The highest BCUT2D eigenvalue weighted by Gasteiger charge is 2.05. The number of amides is 1. The van der Waals surface area contributed by atoms with E-state index in [0.717, 1.165) is 11.1 Å². The van der Waals surface area contributed by atoms with Crippen molar-refractivity contribution in [3.05, 3.63) is 71.3 Å². The summed E-state index contributed by atoms with van der Waals surface area (Å²) < 4.78 is 4.62. The van der Waals surface area contributed by atoms with E-state index in [-0.39, 0.29) is 5.91 Å². The van der Waals surface area contributed by atoms with E-state index >= 15 is 0 Å². The van der Waals surface area contributed by atoms with E-state index in [9.17, 15) is 9.59 Å². The van der Waals surface area contributed by atoms with E-state index in [4.69, 9.17) is 0 Å². The lowest BCUT2D eigenvalue weighted by Crippen LogP contribution is -2.08. The highest BCUT2D eigenvalue weighted by molar-refractivity contribution is 6.02. The van der Waals surface area contributed by atoms with Crippen LogP contribution >= 0.6 is 0 Å². The standard InChI is InChI=1S/C18H17NO3/c1-13-5-3-4-6-14(13)9-12-17(20)19-16-10-7-15(8-11-16)18(21)22-2/h3-12H,1-2H3,(H,19,20)/b12-9+. The molecule has 0 saturated carbocycles. The van der Waals surface area contributed by atoms with Crippen LogP contribution in [0.25, 0.3) is 6.08 Å². The van der Waals surface area contributed by atoms with E-state index in [1.807, 2.05) is 31.2 Å². The Morgan fingerprint density at radius 2 is 1.73 bits per heavy atom. The van der Waals surface area contributed by atoms with Gasteiger partial charge in [0.15, 0.2) is 0 Å². The van der Waals surface area contributed by atoms with Crippen molar-refractivity contribution in [3.8, 4) is 0 Å². The summed E-state index contributed by atoms with van der Waals surface area (Å²) in [7, 11) is 1.33. The van der Waals surface area contributed by atoms with Crippen LogP contribution < -0.4 is 5.32 Å². The molecular weight excluding hydrogens is 278 g/mol. The maximum Gasteiger partial charge on any atom is 0.337 e. The molecule has 0 fully saturated rings. The van der Waals surface area contributed by atoms with Crippen molar-refractivity contribution in [2.45, 2.75) is 6.92 Å². The number of esters is 1. The largest absolute Gasteiger partial charge is 0.465 e. The van der Waals surface area contributed by atoms with Crippen LogP contribution in [-0.4, -0.2) is 19.0 Å². The monoisotopic (exact) mass is 295 g/mol.